The van der Waals surface area contributed by atoms with Gasteiger partial charge in [0.25, 0.3) is 5.91 Å². The van der Waals surface area contributed by atoms with Crippen LogP contribution in [-0.2, 0) is 0 Å². The van der Waals surface area contributed by atoms with Crippen LogP contribution >= 0.6 is 0 Å². The first-order chi connectivity index (χ1) is 10.3. The van der Waals surface area contributed by atoms with Crippen molar-refractivity contribution in [2.45, 2.75) is 33.3 Å². The molecule has 0 aliphatic carbocycles. The van der Waals surface area contributed by atoms with Crippen LogP contribution in [0.1, 0.15) is 36.9 Å². The molecule has 0 saturated carbocycles. The topological polar surface area (TPSA) is 62.9 Å². The molecule has 0 atom stereocenters. The minimum atomic E-state index is -0.955. The van der Waals surface area contributed by atoms with E-state index >= 15 is 0 Å². The molecule has 5 heteroatoms. The maximum atomic E-state index is 12.7. The van der Waals surface area contributed by atoms with Gasteiger partial charge in [-0.25, -0.2) is 0 Å². The number of para-hydroxylation sites is 1. The molecule has 1 N–H and O–H groups in total. The van der Waals surface area contributed by atoms with Crippen molar-refractivity contribution in [3.8, 4) is 5.75 Å². The van der Waals surface area contributed by atoms with Gasteiger partial charge < -0.3 is 19.2 Å². The maximum absolute atomic E-state index is 12.7. The van der Waals surface area contributed by atoms with Gasteiger partial charge in [-0.2, -0.15) is 0 Å². The number of carbonyl (C=O) groups is 1. The number of carbonyl (C=O) groups excluding carboxylic acids is 1. The van der Waals surface area contributed by atoms with Gasteiger partial charge in [0.05, 0.1) is 12.7 Å². The molecular weight excluding hydrogens is 282 g/mol. The molecule has 1 heterocycles. The lowest BCUT2D eigenvalue weighted by Crippen LogP contribution is -2.42. The number of rotatable bonds is 5. The quantitative estimate of drug-likeness (QED) is 0.922. The lowest BCUT2D eigenvalue weighted by Gasteiger charge is -2.27. The molecule has 0 unspecified atom stereocenters. The van der Waals surface area contributed by atoms with Crippen LogP contribution in [0.3, 0.4) is 0 Å². The predicted molar refractivity (Wildman–Crippen MR) is 85.4 cm³/mol. The molecule has 5 nitrogen and oxygen atoms in total. The van der Waals surface area contributed by atoms with Crippen LogP contribution in [0, 0.1) is 6.92 Å². The van der Waals surface area contributed by atoms with Gasteiger partial charge in [-0.05, 0) is 33.8 Å². The van der Waals surface area contributed by atoms with E-state index in [1.54, 1.807) is 31.9 Å². The van der Waals surface area contributed by atoms with Crippen molar-refractivity contribution in [2.75, 3.05) is 20.2 Å². The average Bonchev–Trinajstić information content (AvgIpc) is 2.80. The number of amides is 1. The number of methoxy groups -OCH3 is 1. The summed E-state index contributed by atoms with van der Waals surface area (Å²) in [5.41, 5.74) is 0.404. The maximum Gasteiger partial charge on any atom is 0.289 e. The number of likely N-dealkylation sites (N-methyl/N-ethyl adjacent to an activating group) is 1. The second kappa shape index (κ2) is 6.01. The van der Waals surface area contributed by atoms with Gasteiger partial charge in [-0.15, -0.1) is 0 Å². The Morgan fingerprint density at radius 3 is 2.64 bits per heavy atom. The van der Waals surface area contributed by atoms with Gasteiger partial charge in [-0.3, -0.25) is 4.79 Å². The molecule has 1 amide bonds. The normalized spacial score (nSPS) is 11.7. The van der Waals surface area contributed by atoms with E-state index < -0.39 is 5.60 Å². The highest BCUT2D eigenvalue weighted by Crippen LogP contribution is 2.32. The number of hydrogen-bond acceptors (Lipinski definition) is 4. The van der Waals surface area contributed by atoms with E-state index in [0.29, 0.717) is 23.6 Å². The summed E-state index contributed by atoms with van der Waals surface area (Å²) in [6.45, 7) is 7.83. The number of aliphatic hydroxyl groups is 1. The van der Waals surface area contributed by atoms with Gasteiger partial charge in [0, 0.05) is 24.0 Å². The summed E-state index contributed by atoms with van der Waals surface area (Å²) in [5, 5.41) is 10.8. The summed E-state index contributed by atoms with van der Waals surface area (Å²) in [6.07, 6.45) is 0. The molecule has 0 saturated heterocycles. The number of ether oxygens (including phenoxy) is 1. The molecule has 1 aromatic heterocycles. The Hall–Kier alpha value is -2.01. The van der Waals surface area contributed by atoms with Gasteiger partial charge >= 0.3 is 0 Å². The predicted octanol–water partition coefficient (Wildman–Crippen LogP) is 2.98. The van der Waals surface area contributed by atoms with Crippen molar-refractivity contribution in [3.63, 3.8) is 0 Å². The first-order valence-corrected chi connectivity index (χ1v) is 7.36. The molecule has 0 bridgehead atoms. The van der Waals surface area contributed by atoms with E-state index in [1.165, 1.54) is 0 Å². The first kappa shape index (κ1) is 16.4. The Balaban J connectivity index is 2.45. The summed E-state index contributed by atoms with van der Waals surface area (Å²) < 4.78 is 11.1. The number of hydrogen-bond donors (Lipinski definition) is 1. The van der Waals surface area contributed by atoms with Crippen LogP contribution in [0.5, 0.6) is 5.75 Å². The standard InChI is InChI=1S/C17H23NO4/c1-6-18(10-17(3,4)20)16(19)14-11(2)12-8-7-9-13(21-5)15(12)22-14/h7-9,20H,6,10H2,1-5H3. The van der Waals surface area contributed by atoms with Crippen molar-refractivity contribution in [3.05, 3.63) is 29.5 Å². The highest BCUT2D eigenvalue weighted by atomic mass is 16.5. The van der Waals surface area contributed by atoms with Crippen LogP contribution in [0.4, 0.5) is 0 Å². The molecule has 120 valence electrons. The summed E-state index contributed by atoms with van der Waals surface area (Å²) in [4.78, 5) is 14.3. The minimum absolute atomic E-state index is 0.222. The molecule has 2 rings (SSSR count). The smallest absolute Gasteiger partial charge is 0.289 e. The van der Waals surface area contributed by atoms with Crippen LogP contribution in [-0.4, -0.2) is 41.7 Å². The summed E-state index contributed by atoms with van der Waals surface area (Å²) >= 11 is 0. The highest BCUT2D eigenvalue weighted by molar-refractivity contribution is 6.00. The fourth-order valence-corrected chi connectivity index (χ4v) is 2.52. The van der Waals surface area contributed by atoms with E-state index in [1.807, 2.05) is 26.0 Å². The number of aryl methyl sites for hydroxylation is 1. The van der Waals surface area contributed by atoms with Crippen molar-refractivity contribution in [1.82, 2.24) is 4.90 Å². The molecule has 0 spiro atoms. The third kappa shape index (κ3) is 3.09. The number of benzene rings is 1. The molecular formula is C17H23NO4. The zero-order valence-electron chi connectivity index (χ0n) is 13.8. The van der Waals surface area contributed by atoms with Gasteiger partial charge in [0.1, 0.15) is 0 Å². The summed E-state index contributed by atoms with van der Waals surface area (Å²) in [6, 6.07) is 5.57. The molecule has 0 radical (unpaired) electrons. The Kier molecular flexibility index (Phi) is 4.47. The number of furan rings is 1. The Labute approximate surface area is 130 Å². The monoisotopic (exact) mass is 305 g/mol. The van der Waals surface area contributed by atoms with Crippen LogP contribution in [0.2, 0.25) is 0 Å². The molecule has 0 fully saturated rings. The van der Waals surface area contributed by atoms with Crippen LogP contribution < -0.4 is 4.74 Å². The fourth-order valence-electron chi connectivity index (χ4n) is 2.52. The number of fused-ring (bicyclic) bond motifs is 1. The van der Waals surface area contributed by atoms with Crippen molar-refractivity contribution in [1.29, 1.82) is 0 Å². The van der Waals surface area contributed by atoms with Gasteiger partial charge in [0.15, 0.2) is 17.1 Å². The second-order valence-electron chi connectivity index (χ2n) is 6.02. The van der Waals surface area contributed by atoms with E-state index in [9.17, 15) is 9.90 Å². The fraction of sp³-hybridized carbons (Fsp3) is 0.471. The van der Waals surface area contributed by atoms with E-state index in [0.717, 1.165) is 10.9 Å². The Morgan fingerprint density at radius 2 is 2.09 bits per heavy atom. The molecule has 2 aromatic rings. The van der Waals surface area contributed by atoms with E-state index in [2.05, 4.69) is 0 Å². The number of nitrogens with zero attached hydrogens (tertiary/aromatic N) is 1. The van der Waals surface area contributed by atoms with Crippen LogP contribution in [0.15, 0.2) is 22.6 Å². The van der Waals surface area contributed by atoms with Gasteiger partial charge in [-0.1, -0.05) is 12.1 Å². The zero-order chi connectivity index (χ0) is 16.5. The third-order valence-electron chi connectivity index (χ3n) is 3.59. The average molecular weight is 305 g/mol. The second-order valence-corrected chi connectivity index (χ2v) is 6.02. The van der Waals surface area contributed by atoms with Crippen molar-refractivity contribution >= 4 is 16.9 Å². The first-order valence-electron chi connectivity index (χ1n) is 7.36. The molecule has 0 aliphatic rings. The zero-order valence-corrected chi connectivity index (χ0v) is 13.8. The third-order valence-corrected chi connectivity index (χ3v) is 3.59. The molecule has 22 heavy (non-hydrogen) atoms. The van der Waals surface area contributed by atoms with Crippen molar-refractivity contribution < 1.29 is 19.1 Å². The largest absolute Gasteiger partial charge is 0.493 e. The van der Waals surface area contributed by atoms with Crippen LogP contribution in [0.25, 0.3) is 11.0 Å². The lowest BCUT2D eigenvalue weighted by molar-refractivity contribution is 0.0299. The Morgan fingerprint density at radius 1 is 1.41 bits per heavy atom. The summed E-state index contributed by atoms with van der Waals surface area (Å²) in [7, 11) is 1.57. The Bertz CT molecular complexity index is 682. The van der Waals surface area contributed by atoms with E-state index in [4.69, 9.17) is 9.15 Å². The van der Waals surface area contributed by atoms with Crippen molar-refractivity contribution in [2.24, 2.45) is 0 Å². The molecule has 1 aromatic carbocycles. The SMILES string of the molecule is CCN(CC(C)(C)O)C(=O)c1oc2c(OC)cccc2c1C. The van der Waals surface area contributed by atoms with E-state index in [-0.39, 0.29) is 12.5 Å². The summed E-state index contributed by atoms with van der Waals surface area (Å²) in [5.74, 6) is 0.677. The lowest BCUT2D eigenvalue weighted by atomic mass is 10.1. The highest BCUT2D eigenvalue weighted by Gasteiger charge is 2.27. The minimum Gasteiger partial charge on any atom is -0.493 e. The van der Waals surface area contributed by atoms with Gasteiger partial charge in [0.2, 0.25) is 0 Å². The molecule has 0 aliphatic heterocycles.